The van der Waals surface area contributed by atoms with E-state index in [-0.39, 0.29) is 0 Å². The summed E-state index contributed by atoms with van der Waals surface area (Å²) in [5, 5.41) is 12.0. The predicted octanol–water partition coefficient (Wildman–Crippen LogP) is 2.84. The lowest BCUT2D eigenvalue weighted by Crippen LogP contribution is -2.23. The van der Waals surface area contributed by atoms with Gasteiger partial charge in [-0.25, -0.2) is 9.18 Å². The molecule has 1 aromatic carbocycles. The first-order valence-corrected chi connectivity index (χ1v) is 4.63. The average molecular weight is 282 g/mol. The highest BCUT2D eigenvalue weighted by Gasteiger charge is 2.29. The van der Waals surface area contributed by atoms with E-state index in [2.05, 4.69) is 4.74 Å². The van der Waals surface area contributed by atoms with Crippen LogP contribution in [0.4, 0.5) is 33.7 Å². The summed E-state index contributed by atoms with van der Waals surface area (Å²) in [5.41, 5.74) is -1.09. The number of ether oxygens (including phenoxy) is 1. The fourth-order valence-electron chi connectivity index (χ4n) is 1.01. The number of hydrogen-bond donors (Lipinski definition) is 1. The number of carbonyl (C=O) groups is 1. The van der Waals surface area contributed by atoms with E-state index in [0.29, 0.717) is 6.07 Å². The molecule has 0 spiro atoms. The van der Waals surface area contributed by atoms with Crippen molar-refractivity contribution < 1.29 is 32.0 Å². The summed E-state index contributed by atoms with van der Waals surface area (Å²) >= 11 is 0. The maximum atomic E-state index is 13.2. The van der Waals surface area contributed by atoms with Crippen LogP contribution in [-0.2, 0) is 4.74 Å². The van der Waals surface area contributed by atoms with Gasteiger partial charge in [-0.05, 0) is 6.07 Å². The molecule has 0 heterocycles. The van der Waals surface area contributed by atoms with E-state index in [4.69, 9.17) is 0 Å². The Bertz CT molecular complexity index is 503. The Hall–Kier alpha value is -2.39. The van der Waals surface area contributed by atoms with Crippen LogP contribution in [0.1, 0.15) is 0 Å². The van der Waals surface area contributed by atoms with Gasteiger partial charge in [0.1, 0.15) is 0 Å². The zero-order chi connectivity index (χ0) is 14.6. The summed E-state index contributed by atoms with van der Waals surface area (Å²) < 4.78 is 52.2. The van der Waals surface area contributed by atoms with Crippen molar-refractivity contribution in [1.82, 2.24) is 0 Å². The van der Waals surface area contributed by atoms with Gasteiger partial charge in [0.2, 0.25) is 0 Å². The van der Waals surface area contributed by atoms with E-state index >= 15 is 0 Å². The van der Waals surface area contributed by atoms with Crippen molar-refractivity contribution in [2.75, 3.05) is 11.9 Å². The Morgan fingerprint density at radius 2 is 2.05 bits per heavy atom. The largest absolute Gasteiger partial charge is 0.440 e. The molecular formula is C9H6F4N2O4. The van der Waals surface area contributed by atoms with Crippen LogP contribution in [0.5, 0.6) is 0 Å². The number of non-ortho nitro benzene ring substituents is 1. The fraction of sp³-hybridized carbons (Fsp3) is 0.222. The van der Waals surface area contributed by atoms with E-state index < -0.39 is 41.0 Å². The summed E-state index contributed by atoms with van der Waals surface area (Å²) in [4.78, 5) is 20.3. The van der Waals surface area contributed by atoms with Crippen LogP contribution in [0.3, 0.4) is 0 Å². The number of rotatable bonds is 3. The van der Waals surface area contributed by atoms with Gasteiger partial charge in [-0.15, -0.1) is 0 Å². The van der Waals surface area contributed by atoms with Gasteiger partial charge in [-0.2, -0.15) is 13.2 Å². The molecule has 1 rings (SSSR count). The Morgan fingerprint density at radius 1 is 1.42 bits per heavy atom. The van der Waals surface area contributed by atoms with Gasteiger partial charge in [0.15, 0.2) is 12.4 Å². The second-order valence-corrected chi connectivity index (χ2v) is 3.24. The number of nitrogens with zero attached hydrogens (tertiary/aromatic N) is 1. The maximum absolute atomic E-state index is 13.2. The van der Waals surface area contributed by atoms with E-state index in [9.17, 15) is 32.5 Å². The molecule has 0 saturated heterocycles. The number of nitrogens with one attached hydrogen (secondary N) is 1. The summed E-state index contributed by atoms with van der Waals surface area (Å²) in [7, 11) is 0. The van der Waals surface area contributed by atoms with Crippen LogP contribution < -0.4 is 5.32 Å². The smallest absolute Gasteiger partial charge is 0.422 e. The van der Waals surface area contributed by atoms with Crippen LogP contribution in [0, 0.1) is 15.9 Å². The quantitative estimate of drug-likeness (QED) is 0.525. The molecule has 0 bridgehead atoms. The zero-order valence-electron chi connectivity index (χ0n) is 9.03. The molecule has 1 N–H and O–H groups in total. The van der Waals surface area contributed by atoms with Crippen molar-refractivity contribution in [3.8, 4) is 0 Å². The first kappa shape index (κ1) is 14.7. The summed E-state index contributed by atoms with van der Waals surface area (Å²) in [6.45, 7) is -1.83. The third-order valence-corrected chi connectivity index (χ3v) is 1.77. The molecule has 104 valence electrons. The molecule has 0 atom stereocenters. The van der Waals surface area contributed by atoms with Gasteiger partial charge in [0.05, 0.1) is 16.7 Å². The molecule has 1 aromatic rings. The highest BCUT2D eigenvalue weighted by atomic mass is 19.4. The predicted molar refractivity (Wildman–Crippen MR) is 54.1 cm³/mol. The third-order valence-electron chi connectivity index (χ3n) is 1.77. The first-order valence-electron chi connectivity index (χ1n) is 4.63. The molecule has 6 nitrogen and oxygen atoms in total. The highest BCUT2D eigenvalue weighted by Crippen LogP contribution is 2.21. The van der Waals surface area contributed by atoms with Crippen molar-refractivity contribution in [2.45, 2.75) is 6.18 Å². The normalized spacial score (nSPS) is 10.9. The second-order valence-electron chi connectivity index (χ2n) is 3.24. The molecule has 1 amide bonds. The number of halogens is 4. The van der Waals surface area contributed by atoms with E-state index in [0.717, 1.165) is 12.1 Å². The summed E-state index contributed by atoms with van der Waals surface area (Å²) in [5.74, 6) is -1.17. The standard InChI is InChI=1S/C9H6F4N2O4/c10-6-3-5(15(17)18)1-2-7(6)14-8(16)19-4-9(11,12)13/h1-3H,4H2,(H,14,16). The topological polar surface area (TPSA) is 81.5 Å². The van der Waals surface area contributed by atoms with Crippen molar-refractivity contribution in [3.05, 3.63) is 34.1 Å². The van der Waals surface area contributed by atoms with Crippen molar-refractivity contribution in [2.24, 2.45) is 0 Å². The van der Waals surface area contributed by atoms with Crippen LogP contribution in [0.15, 0.2) is 18.2 Å². The molecule has 19 heavy (non-hydrogen) atoms. The van der Waals surface area contributed by atoms with Gasteiger partial charge in [0, 0.05) is 6.07 Å². The zero-order valence-corrected chi connectivity index (χ0v) is 9.03. The molecule has 0 fully saturated rings. The molecule has 0 aliphatic rings. The minimum Gasteiger partial charge on any atom is -0.440 e. The lowest BCUT2D eigenvalue weighted by atomic mass is 10.2. The molecule has 0 aliphatic carbocycles. The third kappa shape index (κ3) is 4.77. The number of alkyl halides is 3. The molecule has 0 saturated carbocycles. The summed E-state index contributed by atoms with van der Waals surface area (Å²) in [6, 6.07) is 2.23. The number of nitro groups is 1. The Balaban J connectivity index is 2.67. The minimum atomic E-state index is -4.70. The molecule has 0 aliphatic heterocycles. The monoisotopic (exact) mass is 282 g/mol. The van der Waals surface area contributed by atoms with Crippen LogP contribution >= 0.6 is 0 Å². The Kier molecular flexibility index (Phi) is 4.25. The van der Waals surface area contributed by atoms with Crippen molar-refractivity contribution in [1.29, 1.82) is 0 Å². The molecule has 10 heteroatoms. The number of amides is 1. The number of nitro benzene ring substituents is 1. The van der Waals surface area contributed by atoms with E-state index in [1.165, 1.54) is 0 Å². The molecule has 0 radical (unpaired) electrons. The number of benzene rings is 1. The van der Waals surface area contributed by atoms with Crippen molar-refractivity contribution >= 4 is 17.5 Å². The minimum absolute atomic E-state index is 0.513. The lowest BCUT2D eigenvalue weighted by Gasteiger charge is -2.09. The lowest BCUT2D eigenvalue weighted by molar-refractivity contribution is -0.385. The average Bonchev–Trinajstić information content (AvgIpc) is 2.28. The van der Waals surface area contributed by atoms with Gasteiger partial charge >= 0.3 is 12.3 Å². The Labute approximate surface area is 103 Å². The van der Waals surface area contributed by atoms with Gasteiger partial charge < -0.3 is 4.74 Å². The number of hydrogen-bond acceptors (Lipinski definition) is 4. The van der Waals surface area contributed by atoms with Crippen LogP contribution in [-0.4, -0.2) is 23.8 Å². The maximum Gasteiger partial charge on any atom is 0.422 e. The van der Waals surface area contributed by atoms with Gasteiger partial charge in [-0.1, -0.05) is 0 Å². The SMILES string of the molecule is O=C(Nc1ccc([N+](=O)[O-])cc1F)OCC(F)(F)F. The summed E-state index contributed by atoms with van der Waals surface area (Å²) in [6.07, 6.45) is -6.23. The fourth-order valence-corrected chi connectivity index (χ4v) is 1.01. The molecule has 0 unspecified atom stereocenters. The number of carbonyl (C=O) groups excluding carboxylic acids is 1. The van der Waals surface area contributed by atoms with Crippen LogP contribution in [0.25, 0.3) is 0 Å². The molecule has 0 aromatic heterocycles. The highest BCUT2D eigenvalue weighted by molar-refractivity contribution is 5.84. The van der Waals surface area contributed by atoms with Crippen molar-refractivity contribution in [3.63, 3.8) is 0 Å². The van der Waals surface area contributed by atoms with Gasteiger partial charge in [-0.3, -0.25) is 15.4 Å². The van der Waals surface area contributed by atoms with E-state index in [1.807, 2.05) is 0 Å². The van der Waals surface area contributed by atoms with Crippen LogP contribution in [0.2, 0.25) is 0 Å². The number of anilines is 1. The van der Waals surface area contributed by atoms with E-state index in [1.54, 1.807) is 5.32 Å². The first-order chi connectivity index (χ1) is 8.69. The molecular weight excluding hydrogens is 276 g/mol. The van der Waals surface area contributed by atoms with Gasteiger partial charge in [0.25, 0.3) is 5.69 Å². The second kappa shape index (κ2) is 5.50. The Morgan fingerprint density at radius 3 is 2.53 bits per heavy atom.